The fourth-order valence-corrected chi connectivity index (χ4v) is 3.64. The molecule has 0 amide bonds. The maximum atomic E-state index is 6.21. The van der Waals surface area contributed by atoms with Crippen molar-refractivity contribution in [2.75, 3.05) is 0 Å². The third kappa shape index (κ3) is 1.76. The molecule has 16 heavy (non-hydrogen) atoms. The second kappa shape index (κ2) is 4.19. The van der Waals surface area contributed by atoms with Crippen molar-refractivity contribution in [3.8, 4) is 5.69 Å². The number of aromatic nitrogens is 1. The van der Waals surface area contributed by atoms with Gasteiger partial charge in [-0.15, -0.1) is 3.96 Å². The van der Waals surface area contributed by atoms with Crippen molar-refractivity contribution in [3.05, 3.63) is 45.9 Å². The lowest BCUT2D eigenvalue weighted by molar-refractivity contribution is -0.520. The molecule has 3 heteroatoms. The lowest BCUT2D eigenvalue weighted by Gasteiger charge is -2.04. The van der Waals surface area contributed by atoms with E-state index in [1.165, 1.54) is 36.1 Å². The Labute approximate surface area is 104 Å². The largest absolute Gasteiger partial charge is 0.243 e. The van der Waals surface area contributed by atoms with Gasteiger partial charge in [0, 0.05) is 11.6 Å². The first-order chi connectivity index (χ1) is 7.84. The smallest absolute Gasteiger partial charge is 0.100 e. The van der Waals surface area contributed by atoms with Gasteiger partial charge in [0.05, 0.1) is 4.88 Å². The molecule has 0 aliphatic heterocycles. The van der Waals surface area contributed by atoms with Crippen LogP contribution >= 0.6 is 23.1 Å². The minimum absolute atomic E-state index is 0.825. The summed E-state index contributed by atoms with van der Waals surface area (Å²) in [6.07, 6.45) is 7.36. The molecule has 1 aliphatic carbocycles. The van der Waals surface area contributed by atoms with Crippen LogP contribution in [0.2, 0.25) is 5.02 Å². The molecule has 0 N–H and O–H groups in total. The summed E-state index contributed by atoms with van der Waals surface area (Å²) >= 11 is 8.04. The second-order valence-electron chi connectivity index (χ2n) is 4.15. The standard InChI is InChI=1S/C13H13ClNS/c14-11-6-2-3-7-12(11)15-9-10-5-1-4-8-13(10)16-15/h2-3,6-7,9H,1,4-5,8H2/q+1. The predicted octanol–water partition coefficient (Wildman–Crippen LogP) is 3.56. The molecule has 1 nitrogen and oxygen atoms in total. The van der Waals surface area contributed by atoms with Crippen LogP contribution in [-0.2, 0) is 12.8 Å². The lowest BCUT2D eigenvalue weighted by atomic mass is 10.0. The van der Waals surface area contributed by atoms with Crippen LogP contribution in [0, 0.1) is 0 Å². The number of rotatable bonds is 1. The van der Waals surface area contributed by atoms with Gasteiger partial charge in [-0.25, -0.2) is 0 Å². The number of fused-ring (bicyclic) bond motifs is 1. The average Bonchev–Trinajstić information content (AvgIpc) is 2.73. The van der Waals surface area contributed by atoms with E-state index < -0.39 is 0 Å². The maximum Gasteiger partial charge on any atom is 0.243 e. The first-order valence-electron chi connectivity index (χ1n) is 5.63. The number of para-hydroxylation sites is 1. The van der Waals surface area contributed by atoms with Crippen LogP contribution in [0.1, 0.15) is 23.3 Å². The van der Waals surface area contributed by atoms with E-state index in [1.54, 1.807) is 0 Å². The van der Waals surface area contributed by atoms with Gasteiger partial charge in [-0.1, -0.05) is 23.7 Å². The van der Waals surface area contributed by atoms with Crippen molar-refractivity contribution < 1.29 is 3.96 Å². The average molecular weight is 251 g/mol. The summed E-state index contributed by atoms with van der Waals surface area (Å²) in [5.74, 6) is 0. The van der Waals surface area contributed by atoms with Gasteiger partial charge in [-0.3, -0.25) is 0 Å². The molecule has 0 saturated heterocycles. The van der Waals surface area contributed by atoms with Gasteiger partial charge >= 0.3 is 0 Å². The fraction of sp³-hybridized carbons (Fsp3) is 0.308. The highest BCUT2D eigenvalue weighted by molar-refractivity contribution is 7.02. The summed E-state index contributed by atoms with van der Waals surface area (Å²) in [4.78, 5) is 1.53. The quantitative estimate of drug-likeness (QED) is 0.682. The van der Waals surface area contributed by atoms with Gasteiger partial charge in [0.15, 0.2) is 6.20 Å². The van der Waals surface area contributed by atoms with E-state index in [-0.39, 0.29) is 0 Å². The molecule has 82 valence electrons. The Morgan fingerprint density at radius 3 is 2.75 bits per heavy atom. The van der Waals surface area contributed by atoms with Crippen LogP contribution in [-0.4, -0.2) is 0 Å². The van der Waals surface area contributed by atoms with Crippen LogP contribution in [0.4, 0.5) is 0 Å². The zero-order chi connectivity index (χ0) is 11.0. The molecule has 2 aromatic rings. The number of nitrogens with zero attached hydrogens (tertiary/aromatic N) is 1. The number of aryl methyl sites for hydroxylation is 2. The van der Waals surface area contributed by atoms with Crippen LogP contribution in [0.15, 0.2) is 30.5 Å². The molecule has 0 spiro atoms. The Kier molecular flexibility index (Phi) is 2.70. The van der Waals surface area contributed by atoms with Crippen molar-refractivity contribution in [2.24, 2.45) is 0 Å². The first kappa shape index (κ1) is 10.3. The molecule has 1 aromatic heterocycles. The van der Waals surface area contributed by atoms with Gasteiger partial charge in [-0.05, 0) is 31.7 Å². The fourth-order valence-electron chi connectivity index (χ4n) is 2.18. The van der Waals surface area contributed by atoms with Gasteiger partial charge in [0.1, 0.15) is 16.6 Å². The van der Waals surface area contributed by atoms with Crippen LogP contribution in [0.3, 0.4) is 0 Å². The van der Waals surface area contributed by atoms with Crippen LogP contribution < -0.4 is 3.96 Å². The van der Waals surface area contributed by atoms with E-state index >= 15 is 0 Å². The van der Waals surface area contributed by atoms with E-state index in [1.807, 2.05) is 29.7 Å². The van der Waals surface area contributed by atoms with Gasteiger partial charge in [0.2, 0.25) is 5.69 Å². The van der Waals surface area contributed by atoms with Crippen molar-refractivity contribution >= 4 is 23.1 Å². The molecule has 1 aromatic carbocycles. The highest BCUT2D eigenvalue weighted by Gasteiger charge is 2.22. The Morgan fingerprint density at radius 2 is 1.94 bits per heavy atom. The molecule has 0 unspecified atom stereocenters. The predicted molar refractivity (Wildman–Crippen MR) is 67.5 cm³/mol. The molecule has 1 heterocycles. The highest BCUT2D eigenvalue weighted by Crippen LogP contribution is 2.25. The molecule has 1 aliphatic rings. The Hall–Kier alpha value is -0.860. The zero-order valence-electron chi connectivity index (χ0n) is 8.95. The number of benzene rings is 1. The second-order valence-corrected chi connectivity index (χ2v) is 5.63. The van der Waals surface area contributed by atoms with E-state index in [0.717, 1.165) is 10.7 Å². The maximum absolute atomic E-state index is 6.21. The summed E-state index contributed by atoms with van der Waals surface area (Å²) in [6, 6.07) is 8.03. The highest BCUT2D eigenvalue weighted by atomic mass is 35.5. The number of halogens is 1. The van der Waals surface area contributed by atoms with Crippen LogP contribution in [0.5, 0.6) is 0 Å². The molecular weight excluding hydrogens is 238 g/mol. The first-order valence-corrected chi connectivity index (χ1v) is 6.78. The SMILES string of the molecule is Clc1ccccc1-[n+]1cc2c(s1)CCCC2. The molecular formula is C13H13ClNS+. The van der Waals surface area contributed by atoms with Crippen molar-refractivity contribution in [3.63, 3.8) is 0 Å². The minimum Gasteiger partial charge on any atom is -0.100 e. The molecule has 0 saturated carbocycles. The molecule has 0 radical (unpaired) electrons. The number of hydrogen-bond donors (Lipinski definition) is 0. The zero-order valence-corrected chi connectivity index (χ0v) is 10.5. The molecule has 0 bridgehead atoms. The van der Waals surface area contributed by atoms with E-state index in [2.05, 4.69) is 16.2 Å². The van der Waals surface area contributed by atoms with Gasteiger partial charge in [-0.2, -0.15) is 0 Å². The Bertz CT molecular complexity index is 495. The summed E-state index contributed by atoms with van der Waals surface area (Å²) in [7, 11) is 0. The third-order valence-corrected chi connectivity index (χ3v) is 4.53. The van der Waals surface area contributed by atoms with Crippen LogP contribution in [0.25, 0.3) is 5.69 Å². The van der Waals surface area contributed by atoms with Gasteiger partial charge in [0.25, 0.3) is 0 Å². The number of hydrogen-bond acceptors (Lipinski definition) is 1. The molecule has 3 rings (SSSR count). The third-order valence-electron chi connectivity index (χ3n) is 3.03. The Morgan fingerprint density at radius 1 is 1.12 bits per heavy atom. The summed E-state index contributed by atoms with van der Waals surface area (Å²) in [5, 5.41) is 0.825. The lowest BCUT2D eigenvalue weighted by Crippen LogP contribution is -2.24. The summed E-state index contributed by atoms with van der Waals surface area (Å²) in [5.41, 5.74) is 2.61. The monoisotopic (exact) mass is 250 g/mol. The molecule has 0 atom stereocenters. The minimum atomic E-state index is 0.825. The molecule has 0 fully saturated rings. The van der Waals surface area contributed by atoms with E-state index in [0.29, 0.717) is 0 Å². The van der Waals surface area contributed by atoms with Crippen molar-refractivity contribution in [1.29, 1.82) is 0 Å². The Balaban J connectivity index is 2.07. The van der Waals surface area contributed by atoms with E-state index in [9.17, 15) is 0 Å². The van der Waals surface area contributed by atoms with E-state index in [4.69, 9.17) is 11.6 Å². The summed E-state index contributed by atoms with van der Waals surface area (Å²) < 4.78 is 2.21. The van der Waals surface area contributed by atoms with Crippen molar-refractivity contribution in [2.45, 2.75) is 25.7 Å². The summed E-state index contributed by atoms with van der Waals surface area (Å²) in [6.45, 7) is 0. The normalized spacial score (nSPS) is 14.8. The van der Waals surface area contributed by atoms with Gasteiger partial charge < -0.3 is 0 Å². The topological polar surface area (TPSA) is 3.88 Å². The van der Waals surface area contributed by atoms with Crippen molar-refractivity contribution in [1.82, 2.24) is 0 Å².